The third kappa shape index (κ3) is 26.5. The van der Waals surface area contributed by atoms with E-state index in [0.717, 1.165) is 24.3 Å². The van der Waals surface area contributed by atoms with E-state index in [1.54, 1.807) is 6.07 Å². The topological polar surface area (TPSA) is 77.4 Å². The molecule has 60 heavy (non-hydrogen) atoms. The summed E-state index contributed by atoms with van der Waals surface area (Å²) in [6.07, 6.45) is 38.2. The Bertz CT molecular complexity index is 1410. The highest BCUT2D eigenvalue weighted by Crippen LogP contribution is 2.22. The number of rotatable bonds is 38. The van der Waals surface area contributed by atoms with Crippen molar-refractivity contribution in [2.75, 3.05) is 26.4 Å². The number of aryl methyl sites for hydroxylation is 2. The lowest BCUT2D eigenvalue weighted by Crippen LogP contribution is -2.25. The zero-order valence-electron chi connectivity index (χ0n) is 37.7. The predicted octanol–water partition coefficient (Wildman–Crippen LogP) is 14.1. The van der Waals surface area contributed by atoms with Crippen molar-refractivity contribution in [3.05, 3.63) is 108 Å². The minimum atomic E-state index is -0.791. The van der Waals surface area contributed by atoms with Gasteiger partial charge in [-0.05, 0) is 112 Å². The van der Waals surface area contributed by atoms with Crippen molar-refractivity contribution in [3.63, 3.8) is 0 Å². The van der Waals surface area contributed by atoms with Gasteiger partial charge >= 0.3 is 0 Å². The Morgan fingerprint density at radius 2 is 0.683 bits per heavy atom. The van der Waals surface area contributed by atoms with Gasteiger partial charge in [0.25, 0.3) is 0 Å². The van der Waals surface area contributed by atoms with Crippen molar-refractivity contribution < 1.29 is 29.2 Å². The maximum atomic E-state index is 10.6. The van der Waals surface area contributed by atoms with Crippen LogP contribution < -0.4 is 18.9 Å². The first-order chi connectivity index (χ1) is 29.6. The molecule has 334 valence electrons. The second-order valence-electron chi connectivity index (χ2n) is 16.6. The number of hydrogen-bond acceptors (Lipinski definition) is 6. The lowest BCUT2D eigenvalue weighted by atomic mass is 10.0. The molecule has 2 N–H and O–H groups in total. The van der Waals surface area contributed by atoms with Gasteiger partial charge in [0.2, 0.25) is 0 Å². The molecule has 3 aromatic rings. The van der Waals surface area contributed by atoms with Crippen LogP contribution in [0.4, 0.5) is 0 Å². The van der Waals surface area contributed by atoms with Crippen LogP contribution in [-0.2, 0) is 12.8 Å². The van der Waals surface area contributed by atoms with E-state index in [1.807, 2.05) is 42.5 Å². The van der Waals surface area contributed by atoms with E-state index in [-0.39, 0.29) is 26.4 Å². The SMILES string of the molecule is CCCC/C=C/CCCCCCCCCc1cccc(OCC(O)COc2cccc(OCC(O)COc3cccc(CCCCCCCCC/C=C/CCCC)c3)c2)c1. The summed E-state index contributed by atoms with van der Waals surface area (Å²) in [4.78, 5) is 0. The van der Waals surface area contributed by atoms with Gasteiger partial charge < -0.3 is 29.2 Å². The summed E-state index contributed by atoms with van der Waals surface area (Å²) < 4.78 is 23.5. The van der Waals surface area contributed by atoms with E-state index in [9.17, 15) is 10.2 Å². The lowest BCUT2D eigenvalue weighted by Gasteiger charge is -2.16. The van der Waals surface area contributed by atoms with Crippen molar-refractivity contribution >= 4 is 0 Å². The summed E-state index contributed by atoms with van der Waals surface area (Å²) in [5.41, 5.74) is 2.54. The zero-order valence-corrected chi connectivity index (χ0v) is 37.7. The fourth-order valence-electron chi connectivity index (χ4n) is 7.17. The highest BCUT2D eigenvalue weighted by Gasteiger charge is 2.11. The van der Waals surface area contributed by atoms with E-state index < -0.39 is 12.2 Å². The molecule has 3 rings (SSSR count). The molecule has 0 saturated carbocycles. The van der Waals surface area contributed by atoms with Gasteiger partial charge in [-0.2, -0.15) is 0 Å². The molecule has 0 aliphatic heterocycles. The molecule has 0 amide bonds. The summed E-state index contributed by atoms with van der Waals surface area (Å²) in [7, 11) is 0. The van der Waals surface area contributed by atoms with Crippen molar-refractivity contribution in [3.8, 4) is 23.0 Å². The minimum absolute atomic E-state index is 0.0891. The van der Waals surface area contributed by atoms with Gasteiger partial charge in [0.1, 0.15) is 61.6 Å². The monoisotopic (exact) mass is 827 g/mol. The molecule has 0 aliphatic carbocycles. The van der Waals surface area contributed by atoms with Crippen LogP contribution in [0.2, 0.25) is 0 Å². The summed E-state index contributed by atoms with van der Waals surface area (Å²) >= 11 is 0. The van der Waals surface area contributed by atoms with Gasteiger partial charge in [0.15, 0.2) is 0 Å². The average Bonchev–Trinajstić information content (AvgIpc) is 3.27. The third-order valence-corrected chi connectivity index (χ3v) is 10.8. The number of hydrogen-bond donors (Lipinski definition) is 2. The Labute approximate surface area is 365 Å². The van der Waals surface area contributed by atoms with E-state index >= 15 is 0 Å². The first-order valence-electron chi connectivity index (χ1n) is 24.0. The number of aliphatic hydroxyl groups is 2. The van der Waals surface area contributed by atoms with Crippen LogP contribution in [0.25, 0.3) is 0 Å². The molecule has 0 aromatic heterocycles. The normalized spacial score (nSPS) is 12.6. The van der Waals surface area contributed by atoms with E-state index in [1.165, 1.54) is 152 Å². The maximum absolute atomic E-state index is 10.6. The minimum Gasteiger partial charge on any atom is -0.491 e. The molecule has 0 radical (unpaired) electrons. The van der Waals surface area contributed by atoms with Crippen LogP contribution in [0.5, 0.6) is 23.0 Å². The fourth-order valence-corrected chi connectivity index (χ4v) is 7.17. The Balaban J connectivity index is 1.21. The van der Waals surface area contributed by atoms with Gasteiger partial charge in [0, 0.05) is 6.07 Å². The second-order valence-corrected chi connectivity index (χ2v) is 16.6. The Morgan fingerprint density at radius 3 is 1.05 bits per heavy atom. The molecule has 0 aliphatic rings. The van der Waals surface area contributed by atoms with Crippen LogP contribution in [0.1, 0.15) is 166 Å². The van der Waals surface area contributed by atoms with Crippen molar-refractivity contribution in [1.82, 2.24) is 0 Å². The maximum Gasteiger partial charge on any atom is 0.123 e. The molecule has 3 aromatic carbocycles. The van der Waals surface area contributed by atoms with Crippen LogP contribution in [0.15, 0.2) is 97.1 Å². The molecule has 6 nitrogen and oxygen atoms in total. The largest absolute Gasteiger partial charge is 0.491 e. The number of ether oxygens (including phenoxy) is 4. The van der Waals surface area contributed by atoms with Crippen molar-refractivity contribution in [2.45, 2.75) is 180 Å². The molecule has 0 saturated heterocycles. The molecule has 2 atom stereocenters. The van der Waals surface area contributed by atoms with Gasteiger partial charge in [-0.15, -0.1) is 0 Å². The number of benzene rings is 3. The molecule has 0 bridgehead atoms. The van der Waals surface area contributed by atoms with Crippen LogP contribution in [0.3, 0.4) is 0 Å². The predicted molar refractivity (Wildman–Crippen MR) is 252 cm³/mol. The molecule has 0 spiro atoms. The van der Waals surface area contributed by atoms with Crippen LogP contribution in [-0.4, -0.2) is 48.8 Å². The van der Waals surface area contributed by atoms with Gasteiger partial charge in [0.05, 0.1) is 0 Å². The Kier molecular flexibility index (Phi) is 29.5. The van der Waals surface area contributed by atoms with Crippen LogP contribution in [0, 0.1) is 0 Å². The summed E-state index contributed by atoms with van der Waals surface area (Å²) in [6, 6.07) is 23.6. The molecule has 2 unspecified atom stereocenters. The number of allylic oxidation sites excluding steroid dienone is 4. The average molecular weight is 827 g/mol. The number of unbranched alkanes of at least 4 members (excludes halogenated alkanes) is 18. The third-order valence-electron chi connectivity index (χ3n) is 10.8. The highest BCUT2D eigenvalue weighted by molar-refractivity contribution is 5.33. The molecular weight excluding hydrogens is 745 g/mol. The standard InChI is InChI=1S/C54H82O6/c1-3-5-7-9-11-13-15-17-19-21-23-25-27-32-47-34-29-36-51(40-47)57-43-49(55)45-59-53-38-31-39-54(42-53)60-46-50(56)44-58-52-37-30-35-48(41-52)33-28-26-24-22-20-18-16-14-12-10-8-6-4-2/h9-12,29-31,34-42,49-50,55-56H,3-8,13-28,32-33,43-46H2,1-2H3/b11-9+,12-10+. The summed E-state index contributed by atoms with van der Waals surface area (Å²) in [6.45, 7) is 4.95. The molecular formula is C54H82O6. The highest BCUT2D eigenvalue weighted by atomic mass is 16.5. The second kappa shape index (κ2) is 34.9. The smallest absolute Gasteiger partial charge is 0.123 e. The Hall–Kier alpha value is -3.74. The number of aliphatic hydroxyl groups excluding tert-OH is 2. The van der Waals surface area contributed by atoms with E-state index in [4.69, 9.17) is 18.9 Å². The summed E-state index contributed by atoms with van der Waals surface area (Å²) in [5, 5.41) is 21.2. The van der Waals surface area contributed by atoms with Crippen LogP contribution >= 0.6 is 0 Å². The molecule has 0 heterocycles. The lowest BCUT2D eigenvalue weighted by molar-refractivity contribution is 0.0600. The van der Waals surface area contributed by atoms with E-state index in [2.05, 4.69) is 62.4 Å². The molecule has 0 fully saturated rings. The first-order valence-corrected chi connectivity index (χ1v) is 24.0. The molecule has 6 heteroatoms. The van der Waals surface area contributed by atoms with Crippen molar-refractivity contribution in [2.24, 2.45) is 0 Å². The summed E-state index contributed by atoms with van der Waals surface area (Å²) in [5.74, 6) is 2.69. The quantitative estimate of drug-likeness (QED) is 0.0443. The van der Waals surface area contributed by atoms with E-state index in [0.29, 0.717) is 11.5 Å². The van der Waals surface area contributed by atoms with Gasteiger partial charge in [-0.25, -0.2) is 0 Å². The fraction of sp³-hybridized carbons (Fsp3) is 0.593. The van der Waals surface area contributed by atoms with Gasteiger partial charge in [-0.3, -0.25) is 0 Å². The van der Waals surface area contributed by atoms with Crippen molar-refractivity contribution in [1.29, 1.82) is 0 Å². The zero-order chi connectivity index (χ0) is 42.6. The first kappa shape index (κ1) is 50.6. The Morgan fingerprint density at radius 1 is 0.383 bits per heavy atom. The van der Waals surface area contributed by atoms with Gasteiger partial charge in [-0.1, -0.05) is 158 Å².